The van der Waals surface area contributed by atoms with Gasteiger partial charge in [0.2, 0.25) is 0 Å². The summed E-state index contributed by atoms with van der Waals surface area (Å²) in [6.07, 6.45) is 6.45. The molecule has 0 fully saturated rings. The van der Waals surface area contributed by atoms with Gasteiger partial charge in [0.05, 0.1) is 5.39 Å². The number of aromatic nitrogens is 4. The summed E-state index contributed by atoms with van der Waals surface area (Å²) in [5, 5.41) is 5.83. The van der Waals surface area contributed by atoms with Gasteiger partial charge in [-0.3, -0.25) is 0 Å². The fourth-order valence-corrected chi connectivity index (χ4v) is 3.31. The van der Waals surface area contributed by atoms with Crippen LogP contribution in [0.4, 0.5) is 5.82 Å². The second kappa shape index (κ2) is 5.33. The fourth-order valence-electron chi connectivity index (χ4n) is 3.31. The summed E-state index contributed by atoms with van der Waals surface area (Å²) in [4.78, 5) is 11.8. The first-order valence-corrected chi connectivity index (χ1v) is 8.24. The van der Waals surface area contributed by atoms with E-state index in [0.717, 1.165) is 59.8 Å². The van der Waals surface area contributed by atoms with Crippen LogP contribution in [0.1, 0.15) is 30.3 Å². The smallest absolute Gasteiger partial charge is 0.184 e. The number of fused-ring (bicyclic) bond motifs is 3. The van der Waals surface area contributed by atoms with E-state index in [4.69, 9.17) is 10.1 Å². The second-order valence-electron chi connectivity index (χ2n) is 6.18. The first-order chi connectivity index (χ1) is 11.2. The Morgan fingerprint density at radius 1 is 1.13 bits per heavy atom. The van der Waals surface area contributed by atoms with E-state index >= 15 is 0 Å². The Bertz CT molecular complexity index is 922. The maximum Gasteiger partial charge on any atom is 0.184 e. The van der Waals surface area contributed by atoms with Gasteiger partial charge in [-0.2, -0.15) is 4.52 Å². The van der Waals surface area contributed by atoms with E-state index in [1.807, 2.05) is 11.4 Å². The van der Waals surface area contributed by atoms with Crippen molar-refractivity contribution in [2.75, 3.05) is 18.0 Å². The molecule has 1 aliphatic heterocycles. The van der Waals surface area contributed by atoms with Gasteiger partial charge in [-0.1, -0.05) is 19.1 Å². The zero-order chi connectivity index (χ0) is 16.0. The van der Waals surface area contributed by atoms with Crippen molar-refractivity contribution in [3.63, 3.8) is 0 Å². The minimum atomic E-state index is 0.789. The lowest BCUT2D eigenvalue weighted by molar-refractivity contribution is 0.770. The Morgan fingerprint density at radius 3 is 2.74 bits per heavy atom. The predicted octanol–water partition coefficient (Wildman–Crippen LogP) is 3.22. The van der Waals surface area contributed by atoms with Gasteiger partial charge in [-0.15, -0.1) is 5.10 Å². The van der Waals surface area contributed by atoms with Crippen LogP contribution < -0.4 is 4.90 Å². The molecule has 3 aromatic heterocycles. The van der Waals surface area contributed by atoms with Crippen LogP contribution in [0.3, 0.4) is 0 Å². The highest BCUT2D eigenvalue weighted by Crippen LogP contribution is 2.27. The molecule has 4 heterocycles. The van der Waals surface area contributed by atoms with Crippen LogP contribution in [0.25, 0.3) is 16.7 Å². The fraction of sp³-hybridized carbons (Fsp3) is 0.389. The Hall–Kier alpha value is -2.43. The standard InChI is InChI=1S/C18H21N5/c1-4-14-11-15(22-8-6-5-7-9-22)23-18(20-14)16-12(2)10-13(3)19-17(16)21-23/h5-6,10-11H,4,7-9H2,1-3H3. The highest BCUT2D eigenvalue weighted by molar-refractivity contribution is 5.93. The number of rotatable bonds is 2. The topological polar surface area (TPSA) is 46.3 Å². The zero-order valence-corrected chi connectivity index (χ0v) is 13.9. The van der Waals surface area contributed by atoms with Crippen molar-refractivity contribution in [3.8, 4) is 0 Å². The molecule has 0 unspecified atom stereocenters. The number of aryl methyl sites for hydroxylation is 3. The van der Waals surface area contributed by atoms with Crippen molar-refractivity contribution >= 4 is 22.5 Å². The molecular weight excluding hydrogens is 286 g/mol. The summed E-state index contributed by atoms with van der Waals surface area (Å²) in [6.45, 7) is 8.21. The Balaban J connectivity index is 2.05. The third kappa shape index (κ3) is 2.27. The molecule has 0 bridgehead atoms. The van der Waals surface area contributed by atoms with Gasteiger partial charge in [-0.05, 0) is 38.3 Å². The van der Waals surface area contributed by atoms with Crippen molar-refractivity contribution in [1.29, 1.82) is 0 Å². The van der Waals surface area contributed by atoms with Crippen molar-refractivity contribution in [2.45, 2.75) is 33.6 Å². The van der Waals surface area contributed by atoms with E-state index in [2.05, 4.69) is 48.0 Å². The maximum atomic E-state index is 4.84. The predicted molar refractivity (Wildman–Crippen MR) is 93.1 cm³/mol. The van der Waals surface area contributed by atoms with Gasteiger partial charge in [0.1, 0.15) is 5.82 Å². The molecule has 118 valence electrons. The number of nitrogens with zero attached hydrogens (tertiary/aromatic N) is 5. The number of hydrogen-bond acceptors (Lipinski definition) is 4. The Kier molecular flexibility index (Phi) is 3.29. The molecule has 0 aromatic carbocycles. The molecule has 23 heavy (non-hydrogen) atoms. The summed E-state index contributed by atoms with van der Waals surface area (Å²) in [5.41, 5.74) is 5.00. The van der Waals surface area contributed by atoms with Crippen LogP contribution in [0.2, 0.25) is 0 Å². The van der Waals surface area contributed by atoms with Crippen molar-refractivity contribution < 1.29 is 0 Å². The van der Waals surface area contributed by atoms with Crippen molar-refractivity contribution in [2.24, 2.45) is 0 Å². The summed E-state index contributed by atoms with van der Waals surface area (Å²) in [7, 11) is 0. The van der Waals surface area contributed by atoms with Crippen molar-refractivity contribution in [3.05, 3.63) is 41.2 Å². The molecular formula is C18H21N5. The van der Waals surface area contributed by atoms with E-state index in [1.54, 1.807) is 0 Å². The molecule has 0 radical (unpaired) electrons. The third-order valence-electron chi connectivity index (χ3n) is 4.45. The summed E-state index contributed by atoms with van der Waals surface area (Å²) in [6, 6.07) is 4.27. The summed E-state index contributed by atoms with van der Waals surface area (Å²) in [5.74, 6) is 1.12. The first-order valence-electron chi connectivity index (χ1n) is 8.24. The van der Waals surface area contributed by atoms with Gasteiger partial charge >= 0.3 is 0 Å². The lowest BCUT2D eigenvalue weighted by Crippen LogP contribution is -2.29. The molecule has 0 atom stereocenters. The lowest BCUT2D eigenvalue weighted by Gasteiger charge is -2.26. The average Bonchev–Trinajstić information content (AvgIpc) is 2.92. The van der Waals surface area contributed by atoms with E-state index in [1.165, 1.54) is 5.56 Å². The van der Waals surface area contributed by atoms with Gasteiger partial charge in [-0.25, -0.2) is 9.97 Å². The third-order valence-corrected chi connectivity index (χ3v) is 4.45. The normalized spacial score (nSPS) is 15.0. The minimum Gasteiger partial charge on any atom is -0.352 e. The Morgan fingerprint density at radius 2 is 2.00 bits per heavy atom. The van der Waals surface area contributed by atoms with Gasteiger partial charge in [0.25, 0.3) is 0 Å². The number of pyridine rings is 1. The number of anilines is 1. The highest BCUT2D eigenvalue weighted by atomic mass is 15.4. The summed E-state index contributed by atoms with van der Waals surface area (Å²) < 4.78 is 1.97. The second-order valence-corrected chi connectivity index (χ2v) is 6.18. The molecule has 0 N–H and O–H groups in total. The van der Waals surface area contributed by atoms with Crippen LogP contribution in [-0.4, -0.2) is 32.7 Å². The largest absolute Gasteiger partial charge is 0.352 e. The molecule has 4 rings (SSSR count). The molecule has 0 saturated carbocycles. The molecule has 3 aromatic rings. The van der Waals surface area contributed by atoms with Crippen LogP contribution in [-0.2, 0) is 6.42 Å². The molecule has 0 spiro atoms. The summed E-state index contributed by atoms with van der Waals surface area (Å²) >= 11 is 0. The van der Waals surface area contributed by atoms with Gasteiger partial charge in [0, 0.05) is 30.5 Å². The van der Waals surface area contributed by atoms with Crippen LogP contribution in [0, 0.1) is 13.8 Å². The number of hydrogen-bond donors (Lipinski definition) is 0. The molecule has 5 nitrogen and oxygen atoms in total. The monoisotopic (exact) mass is 307 g/mol. The average molecular weight is 307 g/mol. The molecule has 1 aliphatic rings. The van der Waals surface area contributed by atoms with Crippen LogP contribution in [0.15, 0.2) is 24.3 Å². The van der Waals surface area contributed by atoms with E-state index < -0.39 is 0 Å². The quantitative estimate of drug-likeness (QED) is 0.682. The van der Waals surface area contributed by atoms with Crippen LogP contribution >= 0.6 is 0 Å². The van der Waals surface area contributed by atoms with Gasteiger partial charge < -0.3 is 4.90 Å². The molecule has 0 saturated heterocycles. The highest BCUT2D eigenvalue weighted by Gasteiger charge is 2.18. The van der Waals surface area contributed by atoms with E-state index in [0.29, 0.717) is 0 Å². The molecule has 0 aliphatic carbocycles. The van der Waals surface area contributed by atoms with E-state index in [-0.39, 0.29) is 0 Å². The first kappa shape index (κ1) is 14.2. The maximum absolute atomic E-state index is 4.84. The van der Waals surface area contributed by atoms with Crippen molar-refractivity contribution in [1.82, 2.24) is 19.6 Å². The van der Waals surface area contributed by atoms with Gasteiger partial charge in [0.15, 0.2) is 11.3 Å². The molecule has 5 heteroatoms. The van der Waals surface area contributed by atoms with E-state index in [9.17, 15) is 0 Å². The molecule has 0 amide bonds. The SMILES string of the molecule is CCc1cc(N2CC=CCC2)n2nc3nc(C)cc(C)c3c2n1. The van der Waals surface area contributed by atoms with Crippen LogP contribution in [0.5, 0.6) is 0 Å². The minimum absolute atomic E-state index is 0.789. The lowest BCUT2D eigenvalue weighted by atomic mass is 10.2. The zero-order valence-electron chi connectivity index (χ0n) is 13.9. The Labute approximate surface area is 135 Å².